The van der Waals surface area contributed by atoms with Gasteiger partial charge >= 0.3 is 5.97 Å². The van der Waals surface area contributed by atoms with Crippen LogP contribution < -0.4 is 5.32 Å². The molecule has 1 fully saturated rings. The second-order valence-corrected chi connectivity index (χ2v) is 5.48. The first-order chi connectivity index (χ1) is 10.0. The predicted octanol–water partition coefficient (Wildman–Crippen LogP) is 2.04. The maximum Gasteiger partial charge on any atom is 0.320 e. The summed E-state index contributed by atoms with van der Waals surface area (Å²) < 4.78 is 0. The Morgan fingerprint density at radius 1 is 1.43 bits per heavy atom. The Kier molecular flexibility index (Phi) is 4.96. The average molecular weight is 290 g/mol. The molecule has 1 aliphatic rings. The summed E-state index contributed by atoms with van der Waals surface area (Å²) in [7, 11) is 0. The number of aliphatic carboxylic acids is 1. The van der Waals surface area contributed by atoms with Crippen LogP contribution in [0.3, 0.4) is 0 Å². The van der Waals surface area contributed by atoms with E-state index in [-0.39, 0.29) is 12.5 Å². The van der Waals surface area contributed by atoms with Crippen LogP contribution in [0.1, 0.15) is 30.9 Å². The zero-order valence-corrected chi connectivity index (χ0v) is 12.6. The monoisotopic (exact) mass is 290 g/mol. The molecule has 2 N–H and O–H groups in total. The summed E-state index contributed by atoms with van der Waals surface area (Å²) >= 11 is 0. The molecule has 0 spiro atoms. The lowest BCUT2D eigenvalue weighted by Gasteiger charge is -2.21. The Hall–Kier alpha value is -1.88. The molecule has 0 aliphatic carbocycles. The van der Waals surface area contributed by atoms with Crippen LogP contribution in [0.4, 0.5) is 5.69 Å². The van der Waals surface area contributed by atoms with Gasteiger partial charge in [-0.2, -0.15) is 0 Å². The molecule has 0 saturated carbocycles. The van der Waals surface area contributed by atoms with Gasteiger partial charge in [0.2, 0.25) is 5.91 Å². The Morgan fingerprint density at radius 3 is 2.86 bits per heavy atom. The fourth-order valence-corrected chi connectivity index (χ4v) is 2.86. The minimum atomic E-state index is -0.842. The molecule has 1 atom stereocenters. The van der Waals surface area contributed by atoms with Crippen LogP contribution in [0.15, 0.2) is 18.2 Å². The van der Waals surface area contributed by atoms with Crippen LogP contribution in [-0.4, -0.2) is 41.0 Å². The number of nitrogens with zero attached hydrogens (tertiary/aromatic N) is 1. The number of hydrogen-bond acceptors (Lipinski definition) is 3. The van der Waals surface area contributed by atoms with Crippen molar-refractivity contribution in [3.05, 3.63) is 29.3 Å². The minimum absolute atomic E-state index is 0.133. The lowest BCUT2D eigenvalue weighted by molar-refractivity contribution is -0.142. The van der Waals surface area contributed by atoms with E-state index >= 15 is 0 Å². The third kappa shape index (κ3) is 3.61. The van der Waals surface area contributed by atoms with Gasteiger partial charge in [0, 0.05) is 5.69 Å². The van der Waals surface area contributed by atoms with E-state index in [1.807, 2.05) is 32.0 Å². The topological polar surface area (TPSA) is 69.6 Å². The fraction of sp³-hybridized carbons (Fsp3) is 0.500. The number of likely N-dealkylation sites (tertiary alicyclic amines) is 1. The first-order valence-electron chi connectivity index (χ1n) is 7.38. The molecule has 2 rings (SSSR count). The van der Waals surface area contributed by atoms with Crippen molar-refractivity contribution in [1.29, 1.82) is 0 Å². The van der Waals surface area contributed by atoms with Gasteiger partial charge in [-0.05, 0) is 43.9 Å². The number of carboxylic acid groups (broad SMARTS) is 1. The molecule has 5 heteroatoms. The second-order valence-electron chi connectivity index (χ2n) is 5.48. The summed E-state index contributed by atoms with van der Waals surface area (Å²) in [5.74, 6) is -0.988. The van der Waals surface area contributed by atoms with E-state index in [0.29, 0.717) is 13.0 Å². The molecule has 1 aromatic rings. The predicted molar refractivity (Wildman–Crippen MR) is 81.4 cm³/mol. The highest BCUT2D eigenvalue weighted by molar-refractivity contribution is 5.94. The standard InChI is InChI=1S/C16H22N2O3/c1-3-12-7-4-6-11(2)15(12)17-14(19)10-18-9-5-8-13(18)16(20)21/h4,6-7,13H,3,5,8-10H2,1-2H3,(H,17,19)(H,20,21). The van der Waals surface area contributed by atoms with E-state index in [2.05, 4.69) is 5.32 Å². The van der Waals surface area contributed by atoms with Gasteiger partial charge in [-0.1, -0.05) is 25.1 Å². The van der Waals surface area contributed by atoms with Crippen LogP contribution >= 0.6 is 0 Å². The molecular weight excluding hydrogens is 268 g/mol. The summed E-state index contributed by atoms with van der Waals surface area (Å²) in [6.45, 7) is 4.81. The van der Waals surface area contributed by atoms with Gasteiger partial charge < -0.3 is 10.4 Å². The Bertz CT molecular complexity index is 542. The molecule has 5 nitrogen and oxygen atoms in total. The van der Waals surface area contributed by atoms with Gasteiger partial charge in [0.05, 0.1) is 6.54 Å². The third-order valence-corrected chi connectivity index (χ3v) is 4.00. The van der Waals surface area contributed by atoms with Crippen molar-refractivity contribution >= 4 is 17.6 Å². The van der Waals surface area contributed by atoms with Crippen LogP contribution in [-0.2, 0) is 16.0 Å². The molecule has 21 heavy (non-hydrogen) atoms. The number of anilines is 1. The van der Waals surface area contributed by atoms with Crippen molar-refractivity contribution in [1.82, 2.24) is 4.90 Å². The third-order valence-electron chi connectivity index (χ3n) is 4.00. The SMILES string of the molecule is CCc1cccc(C)c1NC(=O)CN1CCCC1C(=O)O. The largest absolute Gasteiger partial charge is 0.480 e. The number of amides is 1. The molecule has 0 radical (unpaired) electrons. The summed E-state index contributed by atoms with van der Waals surface area (Å²) in [6.07, 6.45) is 2.29. The maximum atomic E-state index is 12.2. The number of benzene rings is 1. The van der Waals surface area contributed by atoms with Crippen molar-refractivity contribution in [3.63, 3.8) is 0 Å². The summed E-state index contributed by atoms with van der Waals surface area (Å²) in [4.78, 5) is 25.1. The average Bonchev–Trinajstić information content (AvgIpc) is 2.89. The number of rotatable bonds is 5. The Balaban J connectivity index is 2.04. The van der Waals surface area contributed by atoms with Crippen molar-refractivity contribution in [2.24, 2.45) is 0 Å². The number of carboxylic acids is 1. The molecule has 1 aromatic carbocycles. The van der Waals surface area contributed by atoms with Gasteiger partial charge in [0.1, 0.15) is 6.04 Å². The lowest BCUT2D eigenvalue weighted by atomic mass is 10.1. The highest BCUT2D eigenvalue weighted by atomic mass is 16.4. The first kappa shape index (κ1) is 15.5. The smallest absolute Gasteiger partial charge is 0.320 e. The number of para-hydroxylation sites is 1. The summed E-state index contributed by atoms with van der Waals surface area (Å²) in [5.41, 5.74) is 2.98. The number of carbonyl (C=O) groups excluding carboxylic acids is 1. The van der Waals surface area contributed by atoms with Crippen molar-refractivity contribution in [2.75, 3.05) is 18.4 Å². The van der Waals surface area contributed by atoms with Gasteiger partial charge in [0.25, 0.3) is 0 Å². The second kappa shape index (κ2) is 6.72. The lowest BCUT2D eigenvalue weighted by Crippen LogP contribution is -2.41. The molecule has 1 amide bonds. The fourth-order valence-electron chi connectivity index (χ4n) is 2.86. The van der Waals surface area contributed by atoms with Crippen LogP contribution in [0.5, 0.6) is 0 Å². The highest BCUT2D eigenvalue weighted by Crippen LogP contribution is 2.22. The molecule has 0 aromatic heterocycles. The first-order valence-corrected chi connectivity index (χ1v) is 7.38. The molecule has 1 saturated heterocycles. The number of hydrogen-bond donors (Lipinski definition) is 2. The number of aryl methyl sites for hydroxylation is 2. The van der Waals surface area contributed by atoms with Gasteiger partial charge in [-0.15, -0.1) is 0 Å². The summed E-state index contributed by atoms with van der Waals surface area (Å²) in [6, 6.07) is 5.41. The number of nitrogens with one attached hydrogen (secondary N) is 1. The summed E-state index contributed by atoms with van der Waals surface area (Å²) in [5, 5.41) is 12.1. The van der Waals surface area contributed by atoms with E-state index in [1.54, 1.807) is 4.90 Å². The van der Waals surface area contributed by atoms with Crippen LogP contribution in [0.2, 0.25) is 0 Å². The number of carbonyl (C=O) groups is 2. The normalized spacial score (nSPS) is 18.7. The zero-order valence-electron chi connectivity index (χ0n) is 12.6. The molecule has 1 aliphatic heterocycles. The van der Waals surface area contributed by atoms with Gasteiger partial charge in [-0.25, -0.2) is 0 Å². The molecule has 1 heterocycles. The van der Waals surface area contributed by atoms with E-state index in [9.17, 15) is 9.59 Å². The van der Waals surface area contributed by atoms with Crippen LogP contribution in [0.25, 0.3) is 0 Å². The maximum absolute atomic E-state index is 12.2. The van der Waals surface area contributed by atoms with Crippen molar-refractivity contribution in [3.8, 4) is 0 Å². The van der Waals surface area contributed by atoms with E-state index < -0.39 is 12.0 Å². The molecule has 0 bridgehead atoms. The van der Waals surface area contributed by atoms with Gasteiger partial charge in [0.15, 0.2) is 0 Å². The zero-order chi connectivity index (χ0) is 15.4. The van der Waals surface area contributed by atoms with E-state index in [1.165, 1.54) is 0 Å². The highest BCUT2D eigenvalue weighted by Gasteiger charge is 2.31. The Labute approximate surface area is 125 Å². The quantitative estimate of drug-likeness (QED) is 0.870. The minimum Gasteiger partial charge on any atom is -0.480 e. The van der Waals surface area contributed by atoms with Crippen LogP contribution in [0, 0.1) is 6.92 Å². The molecule has 114 valence electrons. The van der Waals surface area contributed by atoms with E-state index in [0.717, 1.165) is 29.7 Å². The van der Waals surface area contributed by atoms with Crippen molar-refractivity contribution in [2.45, 2.75) is 39.2 Å². The van der Waals surface area contributed by atoms with Gasteiger partial charge in [-0.3, -0.25) is 14.5 Å². The molecular formula is C16H22N2O3. The molecule has 1 unspecified atom stereocenters. The Morgan fingerprint density at radius 2 is 2.19 bits per heavy atom. The van der Waals surface area contributed by atoms with E-state index in [4.69, 9.17) is 5.11 Å². The van der Waals surface area contributed by atoms with Crippen molar-refractivity contribution < 1.29 is 14.7 Å².